The molecule has 0 aromatic heterocycles. The van der Waals surface area contributed by atoms with Gasteiger partial charge in [-0.1, -0.05) is 60.7 Å². The number of fused-ring (bicyclic) bond motifs is 1. The van der Waals surface area contributed by atoms with Crippen LogP contribution >= 0.6 is 11.8 Å². The lowest BCUT2D eigenvalue weighted by molar-refractivity contribution is 0.852. The Morgan fingerprint density at radius 2 is 1.91 bits per heavy atom. The highest BCUT2D eigenvalue weighted by Crippen LogP contribution is 2.32. The number of thioether (sulfide) groups is 1. The van der Waals surface area contributed by atoms with Crippen molar-refractivity contribution >= 4 is 23.4 Å². The van der Waals surface area contributed by atoms with E-state index in [9.17, 15) is 0 Å². The van der Waals surface area contributed by atoms with Crippen LogP contribution in [0, 0.1) is 6.92 Å². The fraction of sp³-hybridized carbons (Fsp3) is 0.200. The summed E-state index contributed by atoms with van der Waals surface area (Å²) in [5.41, 5.74) is 5.41. The fourth-order valence-electron chi connectivity index (χ4n) is 2.62. The smallest absolute Gasteiger partial charge is 0.0211 e. The summed E-state index contributed by atoms with van der Waals surface area (Å²) in [5.74, 6) is 1.08. The van der Waals surface area contributed by atoms with Crippen LogP contribution in [0.3, 0.4) is 0 Å². The van der Waals surface area contributed by atoms with E-state index in [2.05, 4.69) is 79.0 Å². The maximum absolute atomic E-state index is 3.52. The third-order valence-electron chi connectivity index (χ3n) is 3.87. The number of hydrogen-bond donors (Lipinski definition) is 1. The van der Waals surface area contributed by atoms with Crippen LogP contribution in [0.15, 0.2) is 65.6 Å². The SMILES string of the molecule is Cc1ccccc1/C=C/CNCC1=CCSc2ccccc21. The van der Waals surface area contributed by atoms with E-state index in [0.717, 1.165) is 18.8 Å². The molecule has 0 unspecified atom stereocenters. The van der Waals surface area contributed by atoms with Gasteiger partial charge in [0.15, 0.2) is 0 Å². The molecule has 22 heavy (non-hydrogen) atoms. The second kappa shape index (κ2) is 7.48. The number of aryl methyl sites for hydroxylation is 1. The van der Waals surface area contributed by atoms with Crippen molar-refractivity contribution < 1.29 is 0 Å². The maximum Gasteiger partial charge on any atom is 0.0211 e. The van der Waals surface area contributed by atoms with Gasteiger partial charge >= 0.3 is 0 Å². The predicted molar refractivity (Wildman–Crippen MR) is 98.2 cm³/mol. The molecule has 0 spiro atoms. The van der Waals surface area contributed by atoms with E-state index in [1.54, 1.807) is 0 Å². The number of rotatable bonds is 5. The molecule has 0 atom stereocenters. The molecule has 1 aliphatic rings. The lowest BCUT2D eigenvalue weighted by atomic mass is 10.1. The van der Waals surface area contributed by atoms with Gasteiger partial charge in [0, 0.05) is 23.7 Å². The summed E-state index contributed by atoms with van der Waals surface area (Å²) in [4.78, 5) is 1.40. The Kier molecular flexibility index (Phi) is 5.15. The monoisotopic (exact) mass is 307 g/mol. The van der Waals surface area contributed by atoms with E-state index < -0.39 is 0 Å². The molecule has 0 radical (unpaired) electrons. The Balaban J connectivity index is 1.54. The zero-order chi connectivity index (χ0) is 15.2. The summed E-state index contributed by atoms with van der Waals surface area (Å²) in [6.07, 6.45) is 6.73. The lowest BCUT2D eigenvalue weighted by Crippen LogP contribution is -2.17. The van der Waals surface area contributed by atoms with Crippen LogP contribution < -0.4 is 5.32 Å². The van der Waals surface area contributed by atoms with Gasteiger partial charge in [-0.3, -0.25) is 0 Å². The topological polar surface area (TPSA) is 12.0 Å². The summed E-state index contributed by atoms with van der Waals surface area (Å²) < 4.78 is 0. The Labute approximate surface area is 137 Å². The largest absolute Gasteiger partial charge is 0.309 e. The maximum atomic E-state index is 3.52. The van der Waals surface area contributed by atoms with E-state index in [0.29, 0.717) is 0 Å². The van der Waals surface area contributed by atoms with Crippen LogP contribution in [0.2, 0.25) is 0 Å². The highest BCUT2D eigenvalue weighted by atomic mass is 32.2. The summed E-state index contributed by atoms with van der Waals surface area (Å²) in [5, 5.41) is 3.52. The van der Waals surface area contributed by atoms with Gasteiger partial charge in [0.1, 0.15) is 0 Å². The molecule has 1 aliphatic heterocycles. The molecule has 0 bridgehead atoms. The molecule has 1 nitrogen and oxygen atoms in total. The van der Waals surface area contributed by atoms with Gasteiger partial charge in [-0.05, 0) is 35.3 Å². The van der Waals surface area contributed by atoms with E-state index >= 15 is 0 Å². The molecule has 3 rings (SSSR count). The molecule has 1 N–H and O–H groups in total. The first kappa shape index (κ1) is 15.1. The average Bonchev–Trinajstić information content (AvgIpc) is 2.56. The Morgan fingerprint density at radius 3 is 2.82 bits per heavy atom. The number of nitrogens with one attached hydrogen (secondary N) is 1. The Bertz CT molecular complexity index is 700. The van der Waals surface area contributed by atoms with Crippen LogP contribution in [-0.2, 0) is 0 Å². The van der Waals surface area contributed by atoms with E-state index in [1.165, 1.54) is 27.2 Å². The van der Waals surface area contributed by atoms with Gasteiger partial charge in [-0.25, -0.2) is 0 Å². The van der Waals surface area contributed by atoms with E-state index in [1.807, 2.05) is 11.8 Å². The summed E-state index contributed by atoms with van der Waals surface area (Å²) in [6.45, 7) is 3.96. The standard InChI is InChI=1S/C20H21NS/c1-16-7-2-3-8-17(16)9-6-13-21-15-18-12-14-22-20-11-5-4-10-19(18)20/h2-12,21H,13-15H2,1H3/b9-6+. The second-order valence-corrected chi connectivity index (χ2v) is 6.49. The number of hydrogen-bond acceptors (Lipinski definition) is 2. The Morgan fingerprint density at radius 1 is 1.09 bits per heavy atom. The van der Waals surface area contributed by atoms with Crippen molar-refractivity contribution in [2.45, 2.75) is 11.8 Å². The van der Waals surface area contributed by atoms with Crippen LogP contribution in [0.25, 0.3) is 11.6 Å². The molecule has 0 amide bonds. The van der Waals surface area contributed by atoms with Gasteiger partial charge in [0.25, 0.3) is 0 Å². The normalized spacial score (nSPS) is 14.0. The van der Waals surface area contributed by atoms with Crippen molar-refractivity contribution in [2.75, 3.05) is 18.8 Å². The third-order valence-corrected chi connectivity index (χ3v) is 4.87. The van der Waals surface area contributed by atoms with Gasteiger partial charge in [0.2, 0.25) is 0 Å². The molecule has 112 valence electrons. The van der Waals surface area contributed by atoms with Gasteiger partial charge in [-0.15, -0.1) is 11.8 Å². The molecule has 2 aromatic rings. The number of benzene rings is 2. The average molecular weight is 307 g/mol. The second-order valence-electron chi connectivity index (χ2n) is 5.43. The molecule has 0 fully saturated rings. The quantitative estimate of drug-likeness (QED) is 0.797. The molecular formula is C20H21NS. The van der Waals surface area contributed by atoms with Crippen LogP contribution in [0.4, 0.5) is 0 Å². The van der Waals surface area contributed by atoms with Crippen LogP contribution in [-0.4, -0.2) is 18.8 Å². The minimum atomic E-state index is 0.890. The minimum Gasteiger partial charge on any atom is -0.309 e. The highest BCUT2D eigenvalue weighted by molar-refractivity contribution is 7.99. The van der Waals surface area contributed by atoms with Crippen molar-refractivity contribution in [3.63, 3.8) is 0 Å². The van der Waals surface area contributed by atoms with Gasteiger partial charge in [0.05, 0.1) is 0 Å². The summed E-state index contributed by atoms with van der Waals surface area (Å²) in [6, 6.07) is 17.1. The van der Waals surface area contributed by atoms with E-state index in [-0.39, 0.29) is 0 Å². The Hall–Kier alpha value is -1.77. The van der Waals surface area contributed by atoms with Crippen LogP contribution in [0.5, 0.6) is 0 Å². The fourth-order valence-corrected chi connectivity index (χ4v) is 3.61. The lowest BCUT2D eigenvalue weighted by Gasteiger charge is -2.17. The predicted octanol–water partition coefficient (Wildman–Crippen LogP) is 4.79. The first-order valence-corrected chi connectivity index (χ1v) is 8.67. The molecule has 0 saturated carbocycles. The van der Waals surface area contributed by atoms with Crippen molar-refractivity contribution in [1.82, 2.24) is 5.32 Å². The zero-order valence-corrected chi connectivity index (χ0v) is 13.7. The molecule has 0 aliphatic carbocycles. The zero-order valence-electron chi connectivity index (χ0n) is 12.9. The van der Waals surface area contributed by atoms with Gasteiger partial charge in [-0.2, -0.15) is 0 Å². The minimum absolute atomic E-state index is 0.890. The third kappa shape index (κ3) is 3.70. The summed E-state index contributed by atoms with van der Waals surface area (Å²) >= 11 is 1.92. The molecule has 0 saturated heterocycles. The van der Waals surface area contributed by atoms with Gasteiger partial charge < -0.3 is 5.32 Å². The van der Waals surface area contributed by atoms with Crippen molar-refractivity contribution in [1.29, 1.82) is 0 Å². The molecule has 1 heterocycles. The van der Waals surface area contributed by atoms with Crippen molar-refractivity contribution in [3.8, 4) is 0 Å². The van der Waals surface area contributed by atoms with E-state index in [4.69, 9.17) is 0 Å². The summed E-state index contributed by atoms with van der Waals surface area (Å²) in [7, 11) is 0. The molecule has 2 aromatic carbocycles. The highest BCUT2D eigenvalue weighted by Gasteiger charge is 2.11. The van der Waals surface area contributed by atoms with Crippen molar-refractivity contribution in [3.05, 3.63) is 77.4 Å². The van der Waals surface area contributed by atoms with Crippen LogP contribution in [0.1, 0.15) is 16.7 Å². The van der Waals surface area contributed by atoms with Crippen molar-refractivity contribution in [2.24, 2.45) is 0 Å². The first-order valence-electron chi connectivity index (χ1n) is 7.69. The molecular weight excluding hydrogens is 286 g/mol. The molecule has 2 heteroatoms. The first-order chi connectivity index (χ1) is 10.8.